The summed E-state index contributed by atoms with van der Waals surface area (Å²) in [5.41, 5.74) is 1.13. The maximum absolute atomic E-state index is 13.2. The molecule has 0 saturated heterocycles. The van der Waals surface area contributed by atoms with Crippen LogP contribution < -0.4 is 9.47 Å². The second kappa shape index (κ2) is 9.73. The number of carbonyl (C=O) groups excluding carboxylic acids is 2. The summed E-state index contributed by atoms with van der Waals surface area (Å²) in [6.07, 6.45) is 0. The van der Waals surface area contributed by atoms with Crippen molar-refractivity contribution in [3.8, 4) is 11.5 Å². The van der Waals surface area contributed by atoms with E-state index in [2.05, 4.69) is 0 Å². The van der Waals surface area contributed by atoms with Crippen LogP contribution in [0.15, 0.2) is 42.5 Å². The van der Waals surface area contributed by atoms with E-state index in [-0.39, 0.29) is 24.8 Å². The third-order valence-corrected chi connectivity index (χ3v) is 4.30. The predicted octanol–water partition coefficient (Wildman–Crippen LogP) is 3.29. The number of ether oxygens (including phenoxy) is 3. The minimum Gasteiger partial charge on any atom is -0.493 e. The van der Waals surface area contributed by atoms with Crippen LogP contribution in [0.3, 0.4) is 0 Å². The number of methoxy groups -OCH3 is 3. The van der Waals surface area contributed by atoms with E-state index in [0.29, 0.717) is 17.1 Å². The van der Waals surface area contributed by atoms with E-state index in [1.165, 1.54) is 38.4 Å². The summed E-state index contributed by atoms with van der Waals surface area (Å²) < 4.78 is 28.4. The standard InChI is InChI=1S/C21H24FNO5/c1-14(21(25)28-4)12-23(13-15-5-8-17(22)9-6-15)20(24)16-7-10-18(26-2)19(11-16)27-3/h5-11,14H,12-13H2,1-4H3. The lowest BCUT2D eigenvalue weighted by atomic mass is 10.1. The number of rotatable bonds is 8. The van der Waals surface area contributed by atoms with Gasteiger partial charge in [-0.15, -0.1) is 0 Å². The van der Waals surface area contributed by atoms with Gasteiger partial charge in [-0.1, -0.05) is 19.1 Å². The molecule has 150 valence electrons. The highest BCUT2D eigenvalue weighted by molar-refractivity contribution is 5.95. The zero-order valence-corrected chi connectivity index (χ0v) is 16.4. The molecule has 1 atom stereocenters. The average Bonchev–Trinajstić information content (AvgIpc) is 2.72. The van der Waals surface area contributed by atoms with Gasteiger partial charge in [0.2, 0.25) is 0 Å². The van der Waals surface area contributed by atoms with E-state index in [1.807, 2.05) is 0 Å². The first-order valence-electron chi connectivity index (χ1n) is 8.73. The molecule has 6 nitrogen and oxygen atoms in total. The van der Waals surface area contributed by atoms with E-state index < -0.39 is 11.9 Å². The Morgan fingerprint density at radius 2 is 1.64 bits per heavy atom. The quantitative estimate of drug-likeness (QED) is 0.648. The van der Waals surface area contributed by atoms with Crippen LogP contribution in [0.1, 0.15) is 22.8 Å². The molecule has 1 unspecified atom stereocenters. The van der Waals surface area contributed by atoms with Crippen LogP contribution in [0.2, 0.25) is 0 Å². The second-order valence-corrected chi connectivity index (χ2v) is 6.31. The summed E-state index contributed by atoms with van der Waals surface area (Å²) in [4.78, 5) is 26.5. The lowest BCUT2D eigenvalue weighted by Gasteiger charge is -2.25. The van der Waals surface area contributed by atoms with Crippen LogP contribution in [-0.2, 0) is 16.1 Å². The van der Waals surface area contributed by atoms with Gasteiger partial charge in [0.05, 0.1) is 27.2 Å². The molecule has 28 heavy (non-hydrogen) atoms. The molecule has 2 aromatic rings. The van der Waals surface area contributed by atoms with Gasteiger partial charge in [0.1, 0.15) is 5.82 Å². The van der Waals surface area contributed by atoms with E-state index >= 15 is 0 Å². The summed E-state index contributed by atoms with van der Waals surface area (Å²) in [5, 5.41) is 0. The van der Waals surface area contributed by atoms with E-state index in [1.54, 1.807) is 37.3 Å². The monoisotopic (exact) mass is 389 g/mol. The van der Waals surface area contributed by atoms with Gasteiger partial charge in [-0.05, 0) is 35.9 Å². The first-order valence-corrected chi connectivity index (χ1v) is 8.73. The maximum Gasteiger partial charge on any atom is 0.310 e. The fourth-order valence-corrected chi connectivity index (χ4v) is 2.79. The zero-order valence-electron chi connectivity index (χ0n) is 16.4. The number of hydrogen-bond acceptors (Lipinski definition) is 5. The second-order valence-electron chi connectivity index (χ2n) is 6.31. The van der Waals surface area contributed by atoms with E-state index in [4.69, 9.17) is 14.2 Å². The van der Waals surface area contributed by atoms with Crippen molar-refractivity contribution >= 4 is 11.9 Å². The van der Waals surface area contributed by atoms with Crippen molar-refractivity contribution in [3.63, 3.8) is 0 Å². The first-order chi connectivity index (χ1) is 13.4. The summed E-state index contributed by atoms with van der Waals surface area (Å²) in [5.74, 6) is -0.646. The Labute approximate surface area is 163 Å². The third-order valence-electron chi connectivity index (χ3n) is 4.30. The highest BCUT2D eigenvalue weighted by Gasteiger charge is 2.23. The van der Waals surface area contributed by atoms with Gasteiger partial charge < -0.3 is 19.1 Å². The predicted molar refractivity (Wildman–Crippen MR) is 102 cm³/mol. The lowest BCUT2D eigenvalue weighted by molar-refractivity contribution is -0.145. The Balaban J connectivity index is 2.32. The molecule has 7 heteroatoms. The fourth-order valence-electron chi connectivity index (χ4n) is 2.79. The summed E-state index contributed by atoms with van der Waals surface area (Å²) in [6.45, 7) is 2.05. The fraction of sp³-hybridized carbons (Fsp3) is 0.333. The highest BCUT2D eigenvalue weighted by atomic mass is 19.1. The van der Waals surface area contributed by atoms with Crippen molar-refractivity contribution in [1.29, 1.82) is 0 Å². The van der Waals surface area contributed by atoms with Gasteiger partial charge in [0.25, 0.3) is 5.91 Å². The minimum atomic E-state index is -0.519. The Kier molecular flexibility index (Phi) is 7.37. The molecule has 0 aromatic heterocycles. The normalized spacial score (nSPS) is 11.5. The van der Waals surface area contributed by atoms with Gasteiger partial charge in [0.15, 0.2) is 11.5 Å². The number of hydrogen-bond donors (Lipinski definition) is 0. The highest BCUT2D eigenvalue weighted by Crippen LogP contribution is 2.28. The van der Waals surface area contributed by atoms with Gasteiger partial charge >= 0.3 is 5.97 Å². The molecular formula is C21H24FNO5. The summed E-state index contributed by atoms with van der Waals surface area (Å²) >= 11 is 0. The molecule has 0 fully saturated rings. The number of benzene rings is 2. The number of amides is 1. The number of halogens is 1. The molecule has 0 aliphatic rings. The van der Waals surface area contributed by atoms with E-state index in [9.17, 15) is 14.0 Å². The molecule has 2 rings (SSSR count). The molecule has 0 aliphatic heterocycles. The minimum absolute atomic E-state index is 0.150. The molecule has 0 saturated carbocycles. The third kappa shape index (κ3) is 5.22. The molecule has 0 bridgehead atoms. The first kappa shape index (κ1) is 21.2. The van der Waals surface area contributed by atoms with Gasteiger partial charge in [0, 0.05) is 18.7 Å². The topological polar surface area (TPSA) is 65.1 Å². The average molecular weight is 389 g/mol. The van der Waals surface area contributed by atoms with Gasteiger partial charge in [-0.3, -0.25) is 9.59 Å². The zero-order chi connectivity index (χ0) is 20.7. The Morgan fingerprint density at radius 1 is 1.00 bits per heavy atom. The Morgan fingerprint density at radius 3 is 2.21 bits per heavy atom. The van der Waals surface area contributed by atoms with Gasteiger partial charge in [-0.2, -0.15) is 0 Å². The van der Waals surface area contributed by atoms with Crippen molar-refractivity contribution in [2.45, 2.75) is 13.5 Å². The molecule has 0 N–H and O–H groups in total. The van der Waals surface area contributed by atoms with Crippen molar-refractivity contribution in [2.75, 3.05) is 27.9 Å². The maximum atomic E-state index is 13.2. The van der Waals surface area contributed by atoms with Crippen molar-refractivity contribution in [3.05, 3.63) is 59.4 Å². The molecule has 0 radical (unpaired) electrons. The van der Waals surface area contributed by atoms with Crippen LogP contribution in [-0.4, -0.2) is 44.7 Å². The Hall–Kier alpha value is -3.09. The largest absolute Gasteiger partial charge is 0.493 e. The van der Waals surface area contributed by atoms with Crippen LogP contribution in [0.4, 0.5) is 4.39 Å². The van der Waals surface area contributed by atoms with Crippen molar-refractivity contribution in [1.82, 2.24) is 4.90 Å². The summed E-state index contributed by atoms with van der Waals surface area (Å²) in [7, 11) is 4.30. The van der Waals surface area contributed by atoms with Crippen LogP contribution in [0, 0.1) is 11.7 Å². The smallest absolute Gasteiger partial charge is 0.310 e. The molecular weight excluding hydrogens is 365 g/mol. The number of esters is 1. The molecule has 2 aromatic carbocycles. The lowest BCUT2D eigenvalue weighted by Crippen LogP contribution is -2.36. The van der Waals surface area contributed by atoms with Crippen molar-refractivity contribution in [2.24, 2.45) is 5.92 Å². The van der Waals surface area contributed by atoms with Gasteiger partial charge in [-0.25, -0.2) is 4.39 Å². The Bertz CT molecular complexity index is 822. The molecule has 1 amide bonds. The summed E-state index contributed by atoms with van der Waals surface area (Å²) in [6, 6.07) is 10.7. The van der Waals surface area contributed by atoms with Crippen LogP contribution in [0.5, 0.6) is 11.5 Å². The molecule has 0 heterocycles. The van der Waals surface area contributed by atoms with E-state index in [0.717, 1.165) is 5.56 Å². The van der Waals surface area contributed by atoms with Crippen LogP contribution in [0.25, 0.3) is 0 Å². The number of carbonyl (C=O) groups is 2. The molecule has 0 spiro atoms. The SMILES string of the molecule is COC(=O)C(C)CN(Cc1ccc(F)cc1)C(=O)c1ccc(OC)c(OC)c1. The van der Waals surface area contributed by atoms with Crippen molar-refractivity contribution < 1.29 is 28.2 Å². The van der Waals surface area contributed by atoms with Crippen LogP contribution >= 0.6 is 0 Å². The molecule has 0 aliphatic carbocycles. The number of nitrogens with zero attached hydrogens (tertiary/aromatic N) is 1.